The number of nitrogens with zero attached hydrogens (tertiary/aromatic N) is 2. The molecule has 0 bridgehead atoms. The predicted octanol–water partition coefficient (Wildman–Crippen LogP) is 5.83. The zero-order chi connectivity index (χ0) is 27.4. The molecule has 7 heteroatoms. The lowest BCUT2D eigenvalue weighted by molar-refractivity contribution is -0.158. The molecule has 3 aromatic rings. The maximum atomic E-state index is 12.9. The van der Waals surface area contributed by atoms with Gasteiger partial charge in [0.2, 0.25) is 0 Å². The van der Waals surface area contributed by atoms with Crippen LogP contribution in [0.4, 0.5) is 0 Å². The minimum Gasteiger partial charge on any atom is -0.476 e. The Bertz CT molecular complexity index is 1250. The van der Waals surface area contributed by atoms with Gasteiger partial charge in [-0.15, -0.1) is 0 Å². The van der Waals surface area contributed by atoms with Crippen LogP contribution in [0.15, 0.2) is 48.5 Å². The minimum atomic E-state index is -1.10. The van der Waals surface area contributed by atoms with E-state index in [1.165, 1.54) is 5.56 Å². The van der Waals surface area contributed by atoms with Crippen LogP contribution in [0.25, 0.3) is 11.3 Å². The molecule has 198 valence electrons. The van der Waals surface area contributed by atoms with Gasteiger partial charge in [-0.05, 0) is 74.4 Å². The van der Waals surface area contributed by atoms with Crippen molar-refractivity contribution in [1.29, 1.82) is 0 Å². The molecule has 0 radical (unpaired) electrons. The highest BCUT2D eigenvalue weighted by Gasteiger charge is 2.32. The number of amides is 1. The minimum absolute atomic E-state index is 0.0777. The number of aryl methyl sites for hydroxylation is 2. The van der Waals surface area contributed by atoms with Crippen LogP contribution >= 0.6 is 0 Å². The van der Waals surface area contributed by atoms with Crippen molar-refractivity contribution in [3.05, 3.63) is 70.9 Å². The second-order valence-corrected chi connectivity index (χ2v) is 10.7. The van der Waals surface area contributed by atoms with Crippen LogP contribution in [0.1, 0.15) is 75.6 Å². The molecule has 2 aromatic carbocycles. The van der Waals surface area contributed by atoms with Gasteiger partial charge in [-0.1, -0.05) is 57.2 Å². The molecule has 0 aliphatic carbocycles. The van der Waals surface area contributed by atoms with Crippen molar-refractivity contribution in [2.24, 2.45) is 0 Å². The lowest BCUT2D eigenvalue weighted by Gasteiger charge is -2.25. The number of aromatic nitrogens is 2. The molecule has 1 amide bonds. The van der Waals surface area contributed by atoms with Gasteiger partial charge in [0.25, 0.3) is 5.91 Å². The standard InChI is InChI=1S/C30H39N3O4/c1-9-33-25(22-12-14-23(15-13-22)29(4,5)6)18-24(32-33)27(34)31-19-21-11-16-26(20(3)17-21)37-30(7,8)28(35)36-10-2/h11-18H,9-10,19H2,1-8H3,(H,31,34). The first kappa shape index (κ1) is 28.0. The summed E-state index contributed by atoms with van der Waals surface area (Å²) in [6, 6.07) is 15.9. The molecule has 0 spiro atoms. The van der Waals surface area contributed by atoms with Crippen molar-refractivity contribution in [1.82, 2.24) is 15.1 Å². The van der Waals surface area contributed by atoms with Crippen molar-refractivity contribution in [3.63, 3.8) is 0 Å². The second kappa shape index (κ2) is 11.2. The number of carbonyl (C=O) groups excluding carboxylic acids is 2. The van der Waals surface area contributed by atoms with Gasteiger partial charge < -0.3 is 14.8 Å². The van der Waals surface area contributed by atoms with E-state index in [1.807, 2.05) is 42.8 Å². The number of esters is 1. The fraction of sp³-hybridized carbons (Fsp3) is 0.433. The number of carbonyl (C=O) groups is 2. The smallest absolute Gasteiger partial charge is 0.349 e. The third-order valence-electron chi connectivity index (χ3n) is 6.18. The molecule has 3 rings (SSSR count). The summed E-state index contributed by atoms with van der Waals surface area (Å²) < 4.78 is 12.9. The van der Waals surface area contributed by atoms with Gasteiger partial charge in [-0.2, -0.15) is 5.10 Å². The molecule has 0 fully saturated rings. The normalized spacial score (nSPS) is 11.8. The zero-order valence-electron chi connectivity index (χ0n) is 23.3. The number of nitrogens with one attached hydrogen (secondary N) is 1. The monoisotopic (exact) mass is 505 g/mol. The number of ether oxygens (including phenoxy) is 2. The van der Waals surface area contributed by atoms with Crippen LogP contribution < -0.4 is 10.1 Å². The van der Waals surface area contributed by atoms with Crippen LogP contribution in [-0.2, 0) is 28.0 Å². The van der Waals surface area contributed by atoms with E-state index in [4.69, 9.17) is 9.47 Å². The van der Waals surface area contributed by atoms with Gasteiger partial charge in [-0.3, -0.25) is 9.48 Å². The molecule has 0 atom stereocenters. The summed E-state index contributed by atoms with van der Waals surface area (Å²) in [6.07, 6.45) is 0. The number of benzene rings is 2. The summed E-state index contributed by atoms with van der Waals surface area (Å²) in [4.78, 5) is 25.1. The van der Waals surface area contributed by atoms with E-state index in [1.54, 1.807) is 20.8 Å². The fourth-order valence-corrected chi connectivity index (χ4v) is 3.97. The summed E-state index contributed by atoms with van der Waals surface area (Å²) in [6.45, 7) is 16.9. The maximum absolute atomic E-state index is 12.9. The third kappa shape index (κ3) is 6.79. The number of hydrogen-bond donors (Lipinski definition) is 1. The van der Waals surface area contributed by atoms with E-state index in [0.29, 0.717) is 31.1 Å². The molecule has 0 aliphatic heterocycles. The average molecular weight is 506 g/mol. The molecular weight excluding hydrogens is 466 g/mol. The molecule has 0 aliphatic rings. The van der Waals surface area contributed by atoms with Gasteiger partial charge in [-0.25, -0.2) is 4.79 Å². The highest BCUT2D eigenvalue weighted by molar-refractivity contribution is 5.93. The largest absolute Gasteiger partial charge is 0.476 e. The number of rotatable bonds is 9. The Balaban J connectivity index is 1.69. The summed E-state index contributed by atoms with van der Waals surface area (Å²) >= 11 is 0. The fourth-order valence-electron chi connectivity index (χ4n) is 3.97. The van der Waals surface area contributed by atoms with Crippen LogP contribution in [0.2, 0.25) is 0 Å². The Labute approximate surface area is 220 Å². The average Bonchev–Trinajstić information content (AvgIpc) is 3.28. The van der Waals surface area contributed by atoms with Gasteiger partial charge in [0, 0.05) is 13.1 Å². The van der Waals surface area contributed by atoms with E-state index >= 15 is 0 Å². The van der Waals surface area contributed by atoms with Crippen molar-refractivity contribution >= 4 is 11.9 Å². The Morgan fingerprint density at radius 1 is 0.973 bits per heavy atom. The highest BCUT2D eigenvalue weighted by Crippen LogP contribution is 2.27. The first-order valence-corrected chi connectivity index (χ1v) is 12.8. The Hall–Kier alpha value is -3.61. The third-order valence-corrected chi connectivity index (χ3v) is 6.18. The van der Waals surface area contributed by atoms with E-state index in [-0.39, 0.29) is 11.3 Å². The maximum Gasteiger partial charge on any atom is 0.349 e. The van der Waals surface area contributed by atoms with Crippen molar-refractivity contribution in [2.45, 2.75) is 79.5 Å². The Morgan fingerprint density at radius 2 is 1.65 bits per heavy atom. The van der Waals surface area contributed by atoms with Gasteiger partial charge in [0.05, 0.1) is 12.3 Å². The van der Waals surface area contributed by atoms with E-state index in [9.17, 15) is 9.59 Å². The molecule has 7 nitrogen and oxygen atoms in total. The SMILES string of the molecule is CCOC(=O)C(C)(C)Oc1ccc(CNC(=O)c2cc(-c3ccc(C(C)(C)C)cc3)n(CC)n2)cc1C. The molecule has 1 N–H and O–H groups in total. The van der Waals surface area contributed by atoms with Crippen molar-refractivity contribution in [2.75, 3.05) is 6.61 Å². The summed E-state index contributed by atoms with van der Waals surface area (Å²) in [5, 5.41) is 7.49. The Morgan fingerprint density at radius 3 is 2.22 bits per heavy atom. The lowest BCUT2D eigenvalue weighted by atomic mass is 9.86. The number of hydrogen-bond acceptors (Lipinski definition) is 5. The zero-order valence-corrected chi connectivity index (χ0v) is 23.3. The second-order valence-electron chi connectivity index (χ2n) is 10.7. The van der Waals surface area contributed by atoms with Crippen molar-refractivity contribution < 1.29 is 19.1 Å². The lowest BCUT2D eigenvalue weighted by Crippen LogP contribution is -2.39. The first-order valence-electron chi connectivity index (χ1n) is 12.8. The van der Waals surface area contributed by atoms with Crippen LogP contribution in [0.3, 0.4) is 0 Å². The molecule has 0 unspecified atom stereocenters. The molecule has 37 heavy (non-hydrogen) atoms. The molecule has 1 heterocycles. The summed E-state index contributed by atoms with van der Waals surface area (Å²) in [7, 11) is 0. The van der Waals surface area contributed by atoms with E-state index in [0.717, 1.165) is 22.4 Å². The van der Waals surface area contributed by atoms with Gasteiger partial charge >= 0.3 is 5.97 Å². The quantitative estimate of drug-likeness (QED) is 0.370. The molecule has 0 saturated heterocycles. The van der Waals surface area contributed by atoms with Gasteiger partial charge in [0.15, 0.2) is 11.3 Å². The topological polar surface area (TPSA) is 82.5 Å². The molecule has 1 aromatic heterocycles. The van der Waals surface area contributed by atoms with Crippen LogP contribution in [-0.4, -0.2) is 33.9 Å². The molecule has 0 saturated carbocycles. The van der Waals surface area contributed by atoms with Crippen LogP contribution in [0, 0.1) is 6.92 Å². The summed E-state index contributed by atoms with van der Waals surface area (Å²) in [5.74, 6) is -0.0557. The predicted molar refractivity (Wildman–Crippen MR) is 146 cm³/mol. The Kier molecular flexibility index (Phi) is 8.46. The van der Waals surface area contributed by atoms with E-state index in [2.05, 4.69) is 55.5 Å². The van der Waals surface area contributed by atoms with Crippen LogP contribution in [0.5, 0.6) is 5.75 Å². The van der Waals surface area contributed by atoms with E-state index < -0.39 is 11.6 Å². The summed E-state index contributed by atoms with van der Waals surface area (Å²) in [5.41, 5.74) is 4.33. The molecular formula is C30H39N3O4. The van der Waals surface area contributed by atoms with Crippen molar-refractivity contribution in [3.8, 4) is 17.0 Å². The first-order chi connectivity index (χ1) is 17.4. The highest BCUT2D eigenvalue weighted by atomic mass is 16.6. The van der Waals surface area contributed by atoms with Gasteiger partial charge in [0.1, 0.15) is 5.75 Å².